The Hall–Kier alpha value is -1.35. The van der Waals surface area contributed by atoms with Gasteiger partial charge in [-0.2, -0.15) is 0 Å². The molecule has 2 atom stereocenters. The summed E-state index contributed by atoms with van der Waals surface area (Å²) in [4.78, 5) is 15.1. The topological polar surface area (TPSA) is 32.3 Å². The van der Waals surface area contributed by atoms with Crippen LogP contribution in [0.2, 0.25) is 0 Å². The number of piperidine rings is 1. The van der Waals surface area contributed by atoms with Crippen LogP contribution in [0.15, 0.2) is 24.3 Å². The zero-order valence-electron chi connectivity index (χ0n) is 13.4. The molecule has 2 aliphatic carbocycles. The van der Waals surface area contributed by atoms with Crippen molar-refractivity contribution in [3.8, 4) is 0 Å². The Morgan fingerprint density at radius 2 is 1.86 bits per heavy atom. The average Bonchev–Trinajstić information content (AvgIpc) is 3.41. The van der Waals surface area contributed by atoms with Crippen LogP contribution in [0.5, 0.6) is 0 Å². The second-order valence-corrected chi connectivity index (χ2v) is 7.36. The van der Waals surface area contributed by atoms with Crippen molar-refractivity contribution in [2.24, 2.45) is 5.92 Å². The van der Waals surface area contributed by atoms with Gasteiger partial charge in [0.05, 0.1) is 0 Å². The number of carbonyl (C=O) groups excluding carboxylic acids is 1. The Morgan fingerprint density at radius 1 is 1.14 bits per heavy atom. The minimum Gasteiger partial charge on any atom is -0.353 e. The molecule has 118 valence electrons. The van der Waals surface area contributed by atoms with Gasteiger partial charge in [-0.25, -0.2) is 0 Å². The van der Waals surface area contributed by atoms with Gasteiger partial charge in [-0.3, -0.25) is 4.79 Å². The molecule has 3 fully saturated rings. The number of amides is 1. The van der Waals surface area contributed by atoms with Gasteiger partial charge in [0.2, 0.25) is 5.91 Å². The number of hydrogen-bond acceptors (Lipinski definition) is 2. The normalized spacial score (nSPS) is 29.3. The number of hydrogen-bond donors (Lipinski definition) is 1. The summed E-state index contributed by atoms with van der Waals surface area (Å²) in [6.07, 6.45) is 6.06. The Labute approximate surface area is 133 Å². The van der Waals surface area contributed by atoms with E-state index < -0.39 is 0 Å². The first kappa shape index (κ1) is 14.3. The maximum absolute atomic E-state index is 12.5. The third-order valence-electron chi connectivity index (χ3n) is 5.65. The van der Waals surface area contributed by atoms with Crippen molar-refractivity contribution in [3.05, 3.63) is 35.4 Å². The van der Waals surface area contributed by atoms with Gasteiger partial charge < -0.3 is 10.2 Å². The van der Waals surface area contributed by atoms with Crippen LogP contribution in [0.1, 0.15) is 49.1 Å². The number of nitrogens with one attached hydrogen (secondary N) is 1. The quantitative estimate of drug-likeness (QED) is 0.927. The molecule has 3 aliphatic rings. The smallest absolute Gasteiger partial charge is 0.223 e. The van der Waals surface area contributed by atoms with E-state index in [4.69, 9.17) is 0 Å². The molecule has 1 aliphatic heterocycles. The highest BCUT2D eigenvalue weighted by Gasteiger charge is 2.45. The van der Waals surface area contributed by atoms with Gasteiger partial charge >= 0.3 is 0 Å². The highest BCUT2D eigenvalue weighted by molar-refractivity contribution is 5.83. The first-order valence-corrected chi connectivity index (χ1v) is 8.82. The lowest BCUT2D eigenvalue weighted by atomic mass is 10.0. The molecule has 1 N–H and O–H groups in total. The zero-order chi connectivity index (χ0) is 15.1. The molecule has 0 spiro atoms. The van der Waals surface area contributed by atoms with Gasteiger partial charge in [0.1, 0.15) is 0 Å². The molecule has 3 nitrogen and oxygen atoms in total. The summed E-state index contributed by atoms with van der Waals surface area (Å²) in [6.45, 7) is 4.49. The summed E-state index contributed by atoms with van der Waals surface area (Å²) in [5, 5.41) is 3.31. The van der Waals surface area contributed by atoms with Crippen LogP contribution in [0.25, 0.3) is 0 Å². The minimum absolute atomic E-state index is 0.211. The predicted octanol–water partition coefficient (Wildman–Crippen LogP) is 2.84. The lowest BCUT2D eigenvalue weighted by Gasteiger charge is -2.32. The fourth-order valence-electron chi connectivity index (χ4n) is 3.99. The van der Waals surface area contributed by atoms with Gasteiger partial charge in [0.25, 0.3) is 0 Å². The van der Waals surface area contributed by atoms with Crippen LogP contribution >= 0.6 is 0 Å². The molecule has 4 rings (SSSR count). The molecular formula is C19H26N2O. The van der Waals surface area contributed by atoms with Gasteiger partial charge in [-0.05, 0) is 56.1 Å². The summed E-state index contributed by atoms with van der Waals surface area (Å²) in [5.41, 5.74) is 2.69. The molecule has 1 aromatic carbocycles. The van der Waals surface area contributed by atoms with Crippen molar-refractivity contribution in [2.75, 3.05) is 13.1 Å². The van der Waals surface area contributed by atoms with Gasteiger partial charge in [0.15, 0.2) is 0 Å². The molecular weight excluding hydrogens is 272 g/mol. The van der Waals surface area contributed by atoms with E-state index in [9.17, 15) is 4.79 Å². The summed E-state index contributed by atoms with van der Waals surface area (Å²) in [7, 11) is 0. The Bertz CT molecular complexity index is 558. The van der Waals surface area contributed by atoms with Crippen LogP contribution in [0, 0.1) is 12.8 Å². The molecule has 0 unspecified atom stereocenters. The Kier molecular flexibility index (Phi) is 3.69. The van der Waals surface area contributed by atoms with E-state index >= 15 is 0 Å². The number of benzene rings is 1. The first-order valence-electron chi connectivity index (χ1n) is 8.82. The third-order valence-corrected chi connectivity index (χ3v) is 5.65. The van der Waals surface area contributed by atoms with E-state index in [-0.39, 0.29) is 11.8 Å². The lowest BCUT2D eigenvalue weighted by Crippen LogP contribution is -2.45. The minimum atomic E-state index is 0.211. The molecule has 1 heterocycles. The number of aryl methyl sites for hydroxylation is 1. The number of nitrogens with zero attached hydrogens (tertiary/aromatic N) is 1. The molecule has 1 saturated heterocycles. The molecule has 2 saturated carbocycles. The zero-order valence-corrected chi connectivity index (χ0v) is 13.4. The summed E-state index contributed by atoms with van der Waals surface area (Å²) in [5.74, 6) is 0.952. The van der Waals surface area contributed by atoms with Crippen molar-refractivity contribution in [3.63, 3.8) is 0 Å². The summed E-state index contributed by atoms with van der Waals surface area (Å²) >= 11 is 0. The SMILES string of the molecule is Cc1ccccc1[C@H]1C[C@H]1C(=O)NC1CCN(C2CC2)CC1. The molecule has 22 heavy (non-hydrogen) atoms. The van der Waals surface area contributed by atoms with E-state index in [1.54, 1.807) is 0 Å². The number of likely N-dealkylation sites (tertiary alicyclic amines) is 1. The highest BCUT2D eigenvalue weighted by Crippen LogP contribution is 2.48. The summed E-state index contributed by atoms with van der Waals surface area (Å²) in [6, 6.07) is 9.76. The second kappa shape index (κ2) is 5.69. The molecule has 0 radical (unpaired) electrons. The second-order valence-electron chi connectivity index (χ2n) is 7.36. The lowest BCUT2D eigenvalue weighted by molar-refractivity contribution is -0.123. The van der Waals surface area contributed by atoms with E-state index in [2.05, 4.69) is 41.4 Å². The van der Waals surface area contributed by atoms with Crippen molar-refractivity contribution in [1.29, 1.82) is 0 Å². The van der Waals surface area contributed by atoms with Crippen molar-refractivity contribution in [2.45, 2.75) is 57.0 Å². The first-order chi connectivity index (χ1) is 10.7. The average molecular weight is 298 g/mol. The van der Waals surface area contributed by atoms with Crippen molar-refractivity contribution >= 4 is 5.91 Å². The van der Waals surface area contributed by atoms with Crippen LogP contribution in [-0.4, -0.2) is 36.0 Å². The number of carbonyl (C=O) groups is 1. The van der Waals surface area contributed by atoms with Crippen molar-refractivity contribution < 1.29 is 4.79 Å². The van der Waals surface area contributed by atoms with E-state index in [0.29, 0.717) is 12.0 Å². The largest absolute Gasteiger partial charge is 0.353 e. The van der Waals surface area contributed by atoms with Crippen LogP contribution in [0.3, 0.4) is 0 Å². The molecule has 3 heteroatoms. The molecule has 1 aromatic rings. The standard InChI is InChI=1S/C19H26N2O/c1-13-4-2-3-5-16(13)17-12-18(17)19(22)20-14-8-10-21(11-9-14)15-6-7-15/h2-5,14-15,17-18H,6-12H2,1H3,(H,20,22)/t17-,18-/m1/s1. The van der Waals surface area contributed by atoms with E-state index in [1.165, 1.54) is 37.1 Å². The summed E-state index contributed by atoms with van der Waals surface area (Å²) < 4.78 is 0. The predicted molar refractivity (Wildman–Crippen MR) is 87.8 cm³/mol. The van der Waals surface area contributed by atoms with Crippen LogP contribution in [-0.2, 0) is 4.79 Å². The van der Waals surface area contributed by atoms with Gasteiger partial charge in [0, 0.05) is 31.1 Å². The molecule has 1 amide bonds. The number of rotatable bonds is 4. The van der Waals surface area contributed by atoms with E-state index in [0.717, 1.165) is 25.3 Å². The maximum Gasteiger partial charge on any atom is 0.223 e. The van der Waals surface area contributed by atoms with Crippen LogP contribution < -0.4 is 5.32 Å². The third kappa shape index (κ3) is 2.91. The Morgan fingerprint density at radius 3 is 2.55 bits per heavy atom. The fourth-order valence-corrected chi connectivity index (χ4v) is 3.99. The molecule has 0 bridgehead atoms. The highest BCUT2D eigenvalue weighted by atomic mass is 16.2. The fraction of sp³-hybridized carbons (Fsp3) is 0.632. The Balaban J connectivity index is 1.28. The van der Waals surface area contributed by atoms with Gasteiger partial charge in [-0.15, -0.1) is 0 Å². The monoisotopic (exact) mass is 298 g/mol. The van der Waals surface area contributed by atoms with Crippen LogP contribution in [0.4, 0.5) is 0 Å². The van der Waals surface area contributed by atoms with Gasteiger partial charge in [-0.1, -0.05) is 24.3 Å². The van der Waals surface area contributed by atoms with Crippen molar-refractivity contribution in [1.82, 2.24) is 10.2 Å². The van der Waals surface area contributed by atoms with E-state index in [1.807, 2.05) is 0 Å². The molecule has 0 aromatic heterocycles. The maximum atomic E-state index is 12.5.